The zero-order valence-corrected chi connectivity index (χ0v) is 17.7. The van der Waals surface area contributed by atoms with Gasteiger partial charge in [0.25, 0.3) is 5.91 Å². The number of hydrogen-bond acceptors (Lipinski definition) is 5. The molecule has 0 radical (unpaired) electrons. The van der Waals surface area contributed by atoms with E-state index in [9.17, 15) is 9.59 Å². The molecule has 0 heterocycles. The number of ether oxygens (including phenoxy) is 3. The van der Waals surface area contributed by atoms with Gasteiger partial charge in [0.15, 0.2) is 11.5 Å². The van der Waals surface area contributed by atoms with Crippen molar-refractivity contribution in [2.24, 2.45) is 0 Å². The second-order valence-electron chi connectivity index (χ2n) is 7.56. The normalized spacial score (nSPS) is 10.8. The number of rotatable bonds is 6. The highest BCUT2D eigenvalue weighted by molar-refractivity contribution is 5.96. The summed E-state index contributed by atoms with van der Waals surface area (Å²) in [4.78, 5) is 26.4. The van der Waals surface area contributed by atoms with Gasteiger partial charge in [-0.2, -0.15) is 0 Å². The van der Waals surface area contributed by atoms with Gasteiger partial charge in [-0.15, -0.1) is 0 Å². The smallest absolute Gasteiger partial charge is 0.412 e. The van der Waals surface area contributed by atoms with Crippen molar-refractivity contribution in [2.75, 3.05) is 26.6 Å². The lowest BCUT2D eigenvalue weighted by molar-refractivity contribution is 0.0635. The van der Waals surface area contributed by atoms with Gasteiger partial charge < -0.3 is 19.1 Å². The summed E-state index contributed by atoms with van der Waals surface area (Å²) >= 11 is 0. The Morgan fingerprint density at radius 1 is 1.00 bits per heavy atom. The average molecular weight is 400 g/mol. The molecule has 2 aromatic carbocycles. The van der Waals surface area contributed by atoms with E-state index < -0.39 is 11.7 Å². The minimum Gasteiger partial charge on any atom is -0.493 e. The van der Waals surface area contributed by atoms with Crippen LogP contribution in [0.2, 0.25) is 0 Å². The van der Waals surface area contributed by atoms with Crippen LogP contribution >= 0.6 is 0 Å². The zero-order valence-electron chi connectivity index (χ0n) is 17.7. The molecule has 0 aliphatic heterocycles. The van der Waals surface area contributed by atoms with Gasteiger partial charge in [0.1, 0.15) is 5.60 Å². The molecule has 0 aliphatic carbocycles. The first-order chi connectivity index (χ1) is 13.6. The van der Waals surface area contributed by atoms with Gasteiger partial charge in [-0.1, -0.05) is 12.1 Å². The maximum atomic E-state index is 12.8. The molecule has 0 fully saturated rings. The second kappa shape index (κ2) is 9.32. The Kier molecular flexibility index (Phi) is 7.09. The summed E-state index contributed by atoms with van der Waals surface area (Å²) in [6.45, 7) is 5.75. The molecule has 0 saturated carbocycles. The fourth-order valence-electron chi connectivity index (χ4n) is 2.70. The number of amides is 2. The first kappa shape index (κ1) is 22.1. The van der Waals surface area contributed by atoms with Crippen LogP contribution in [0.4, 0.5) is 10.5 Å². The molecular formula is C22H28N2O5. The summed E-state index contributed by atoms with van der Waals surface area (Å²) in [5.41, 5.74) is 1.25. The van der Waals surface area contributed by atoms with Crippen molar-refractivity contribution in [2.45, 2.75) is 32.9 Å². The van der Waals surface area contributed by atoms with E-state index in [-0.39, 0.29) is 5.91 Å². The lowest BCUT2D eigenvalue weighted by Gasteiger charge is -2.20. The maximum Gasteiger partial charge on any atom is 0.412 e. The molecule has 2 aromatic rings. The Balaban J connectivity index is 2.09. The van der Waals surface area contributed by atoms with E-state index in [2.05, 4.69) is 5.32 Å². The SMILES string of the molecule is COc1ccc(CN(C)C(=O)c2cccc(NC(=O)OC(C)(C)C)c2)cc1OC. The van der Waals surface area contributed by atoms with E-state index in [1.807, 2.05) is 12.1 Å². The van der Waals surface area contributed by atoms with E-state index in [0.717, 1.165) is 5.56 Å². The highest BCUT2D eigenvalue weighted by Gasteiger charge is 2.18. The molecule has 7 heteroatoms. The minimum absolute atomic E-state index is 0.173. The van der Waals surface area contributed by atoms with Crippen LogP contribution in [-0.4, -0.2) is 43.8 Å². The van der Waals surface area contributed by atoms with E-state index in [1.54, 1.807) is 77.3 Å². The van der Waals surface area contributed by atoms with Crippen LogP contribution in [-0.2, 0) is 11.3 Å². The molecule has 0 aromatic heterocycles. The molecule has 0 saturated heterocycles. The summed E-state index contributed by atoms with van der Waals surface area (Å²) in [7, 11) is 4.86. The summed E-state index contributed by atoms with van der Waals surface area (Å²) in [5, 5.41) is 2.65. The van der Waals surface area contributed by atoms with E-state index in [0.29, 0.717) is 29.3 Å². The molecule has 0 unspecified atom stereocenters. The van der Waals surface area contributed by atoms with Crippen LogP contribution in [0, 0.1) is 0 Å². The molecule has 1 N–H and O–H groups in total. The van der Waals surface area contributed by atoms with Crippen LogP contribution in [0.5, 0.6) is 11.5 Å². The van der Waals surface area contributed by atoms with Crippen LogP contribution < -0.4 is 14.8 Å². The number of benzene rings is 2. The first-order valence-electron chi connectivity index (χ1n) is 9.19. The Morgan fingerprint density at radius 3 is 2.31 bits per heavy atom. The molecule has 29 heavy (non-hydrogen) atoms. The fraction of sp³-hybridized carbons (Fsp3) is 0.364. The van der Waals surface area contributed by atoms with Crippen molar-refractivity contribution in [1.82, 2.24) is 4.90 Å². The third-order valence-corrected chi connectivity index (χ3v) is 3.97. The predicted molar refractivity (Wildman–Crippen MR) is 112 cm³/mol. The Labute approximate surface area is 171 Å². The molecule has 0 atom stereocenters. The lowest BCUT2D eigenvalue weighted by Crippen LogP contribution is -2.28. The number of carbonyl (C=O) groups is 2. The molecule has 0 spiro atoms. The highest BCUT2D eigenvalue weighted by atomic mass is 16.6. The Bertz CT molecular complexity index is 874. The third kappa shape index (κ3) is 6.41. The highest BCUT2D eigenvalue weighted by Crippen LogP contribution is 2.28. The van der Waals surface area contributed by atoms with Crippen LogP contribution in [0.25, 0.3) is 0 Å². The molecule has 0 aliphatic rings. The predicted octanol–water partition coefficient (Wildman–Crippen LogP) is 4.32. The minimum atomic E-state index is -0.600. The largest absolute Gasteiger partial charge is 0.493 e. The summed E-state index contributed by atoms with van der Waals surface area (Å²) < 4.78 is 15.8. The van der Waals surface area contributed by atoms with Crippen molar-refractivity contribution in [3.63, 3.8) is 0 Å². The van der Waals surface area contributed by atoms with Gasteiger partial charge in [-0.05, 0) is 56.7 Å². The van der Waals surface area contributed by atoms with Crippen LogP contribution in [0.15, 0.2) is 42.5 Å². The quantitative estimate of drug-likeness (QED) is 0.781. The fourth-order valence-corrected chi connectivity index (χ4v) is 2.70. The molecule has 7 nitrogen and oxygen atoms in total. The Morgan fingerprint density at radius 2 is 1.69 bits per heavy atom. The number of nitrogens with one attached hydrogen (secondary N) is 1. The van der Waals surface area contributed by atoms with Crippen molar-refractivity contribution in [3.05, 3.63) is 53.6 Å². The van der Waals surface area contributed by atoms with Gasteiger partial charge in [-0.25, -0.2) is 4.79 Å². The lowest BCUT2D eigenvalue weighted by atomic mass is 10.1. The van der Waals surface area contributed by atoms with Crippen LogP contribution in [0.3, 0.4) is 0 Å². The summed E-state index contributed by atoms with van der Waals surface area (Å²) in [6.07, 6.45) is -0.569. The summed E-state index contributed by atoms with van der Waals surface area (Å²) in [6, 6.07) is 12.3. The molecule has 2 rings (SSSR count). The van der Waals surface area contributed by atoms with Gasteiger partial charge in [-0.3, -0.25) is 10.1 Å². The van der Waals surface area contributed by atoms with Crippen LogP contribution in [0.1, 0.15) is 36.7 Å². The number of methoxy groups -OCH3 is 2. The van der Waals surface area contributed by atoms with E-state index in [1.165, 1.54) is 0 Å². The first-order valence-corrected chi connectivity index (χ1v) is 9.19. The molecular weight excluding hydrogens is 372 g/mol. The molecule has 0 bridgehead atoms. The van der Waals surface area contributed by atoms with E-state index in [4.69, 9.17) is 14.2 Å². The van der Waals surface area contributed by atoms with Gasteiger partial charge in [0.05, 0.1) is 14.2 Å². The number of nitrogens with zero attached hydrogens (tertiary/aromatic N) is 1. The van der Waals surface area contributed by atoms with Gasteiger partial charge in [0.2, 0.25) is 0 Å². The maximum absolute atomic E-state index is 12.8. The van der Waals surface area contributed by atoms with Gasteiger partial charge in [0, 0.05) is 24.8 Å². The van der Waals surface area contributed by atoms with E-state index >= 15 is 0 Å². The number of anilines is 1. The van der Waals surface area contributed by atoms with Crippen molar-refractivity contribution < 1.29 is 23.8 Å². The van der Waals surface area contributed by atoms with Crippen molar-refractivity contribution in [3.8, 4) is 11.5 Å². The average Bonchev–Trinajstić information content (AvgIpc) is 2.65. The topological polar surface area (TPSA) is 77.1 Å². The van der Waals surface area contributed by atoms with Gasteiger partial charge >= 0.3 is 6.09 Å². The van der Waals surface area contributed by atoms with Crippen molar-refractivity contribution >= 4 is 17.7 Å². The standard InChI is InChI=1S/C22H28N2O5/c1-22(2,3)29-21(26)23-17-9-7-8-16(13-17)20(25)24(4)14-15-10-11-18(27-5)19(12-15)28-6/h7-13H,14H2,1-6H3,(H,23,26). The third-order valence-electron chi connectivity index (χ3n) is 3.97. The summed E-state index contributed by atoms with van der Waals surface area (Å²) in [5.74, 6) is 1.06. The second-order valence-corrected chi connectivity index (χ2v) is 7.56. The number of carbonyl (C=O) groups excluding carboxylic acids is 2. The monoisotopic (exact) mass is 400 g/mol. The zero-order chi connectivity index (χ0) is 21.6. The van der Waals surface area contributed by atoms with Crippen molar-refractivity contribution in [1.29, 1.82) is 0 Å². The number of hydrogen-bond donors (Lipinski definition) is 1. The molecule has 156 valence electrons. The Hall–Kier alpha value is -3.22. The molecule has 2 amide bonds.